The van der Waals surface area contributed by atoms with Gasteiger partial charge in [0.1, 0.15) is 5.60 Å². The molecule has 1 heterocycles. The summed E-state index contributed by atoms with van der Waals surface area (Å²) in [6.45, 7) is 6.72. The van der Waals surface area contributed by atoms with Crippen molar-refractivity contribution in [3.05, 3.63) is 47.5 Å². The Morgan fingerprint density at radius 2 is 1.16 bits per heavy atom. The lowest BCUT2D eigenvalue weighted by Gasteiger charge is -2.08. The highest BCUT2D eigenvalue weighted by Gasteiger charge is 2.12. The number of rotatable bonds is 15. The van der Waals surface area contributed by atoms with Gasteiger partial charge in [0, 0.05) is 39.5 Å². The van der Waals surface area contributed by atoms with Crippen LogP contribution in [0.5, 0.6) is 0 Å². The summed E-state index contributed by atoms with van der Waals surface area (Å²) >= 11 is 0. The first-order chi connectivity index (χ1) is 17.9. The highest BCUT2D eigenvalue weighted by atomic mass is 16.3. The lowest BCUT2D eigenvalue weighted by molar-refractivity contribution is 0.143. The van der Waals surface area contributed by atoms with E-state index in [9.17, 15) is 5.11 Å². The normalized spacial score (nSPS) is 11.5. The monoisotopic (exact) mass is 497 g/mol. The second-order valence-electron chi connectivity index (χ2n) is 11.2. The minimum absolute atomic E-state index is 0.899. The van der Waals surface area contributed by atoms with Gasteiger partial charge < -0.3 is 9.67 Å². The van der Waals surface area contributed by atoms with Crippen molar-refractivity contribution in [1.29, 1.82) is 0 Å². The topological polar surface area (TPSA) is 25.2 Å². The third-order valence-electron chi connectivity index (χ3n) is 7.28. The van der Waals surface area contributed by atoms with Crippen LogP contribution in [0.15, 0.2) is 36.4 Å². The highest BCUT2D eigenvalue weighted by molar-refractivity contribution is 6.08. The van der Waals surface area contributed by atoms with Crippen molar-refractivity contribution in [3.8, 4) is 24.2 Å². The number of hydrogen-bond acceptors (Lipinski definition) is 1. The molecule has 2 nitrogen and oxygen atoms in total. The van der Waals surface area contributed by atoms with E-state index in [1.54, 1.807) is 13.8 Å². The van der Waals surface area contributed by atoms with Gasteiger partial charge >= 0.3 is 0 Å². The maximum atomic E-state index is 9.99. The van der Waals surface area contributed by atoms with Crippen molar-refractivity contribution < 1.29 is 5.11 Å². The molecule has 3 aromatic rings. The van der Waals surface area contributed by atoms with Crippen LogP contribution in [0, 0.1) is 24.2 Å². The van der Waals surface area contributed by atoms with Crippen molar-refractivity contribution in [1.82, 2.24) is 4.57 Å². The lowest BCUT2D eigenvalue weighted by Crippen LogP contribution is -2.14. The van der Waals surface area contributed by atoms with Crippen LogP contribution in [0.2, 0.25) is 0 Å². The van der Waals surface area contributed by atoms with Gasteiger partial charge in [-0.1, -0.05) is 108 Å². The summed E-state index contributed by atoms with van der Waals surface area (Å²) in [5, 5.41) is 12.4. The van der Waals surface area contributed by atoms with E-state index >= 15 is 0 Å². The van der Waals surface area contributed by atoms with E-state index in [2.05, 4.69) is 59.6 Å². The van der Waals surface area contributed by atoms with Crippen molar-refractivity contribution in [3.63, 3.8) is 0 Å². The summed E-state index contributed by atoms with van der Waals surface area (Å²) < 4.78 is 2.44. The molecule has 0 spiro atoms. The Balaban J connectivity index is 1.51. The van der Waals surface area contributed by atoms with Crippen LogP contribution in [0.3, 0.4) is 0 Å². The van der Waals surface area contributed by atoms with Gasteiger partial charge in [-0.05, 0) is 56.7 Å². The summed E-state index contributed by atoms with van der Waals surface area (Å²) in [7, 11) is 0. The molecular weight excluding hydrogens is 450 g/mol. The minimum Gasteiger partial charge on any atom is -0.378 e. The summed E-state index contributed by atoms with van der Waals surface area (Å²) in [4.78, 5) is 0. The maximum absolute atomic E-state index is 9.99. The molecule has 1 aromatic heterocycles. The molecule has 0 atom stereocenters. The van der Waals surface area contributed by atoms with Gasteiger partial charge in [-0.15, -0.1) is 6.42 Å². The van der Waals surface area contributed by atoms with Crippen molar-refractivity contribution in [2.75, 3.05) is 0 Å². The molecular formula is C35H47NO. The molecule has 0 fully saturated rings. The number of terminal acetylenes is 1. The summed E-state index contributed by atoms with van der Waals surface area (Å²) in [5.41, 5.74) is 3.27. The predicted molar refractivity (Wildman–Crippen MR) is 161 cm³/mol. The molecule has 0 aliphatic heterocycles. The molecule has 3 rings (SSSR count). The summed E-state index contributed by atoms with van der Waals surface area (Å²) in [6, 6.07) is 12.7. The number of unbranched alkanes of at least 4 members (excludes halogenated alkanes) is 13. The third kappa shape index (κ3) is 9.29. The van der Waals surface area contributed by atoms with Gasteiger partial charge in [-0.2, -0.15) is 0 Å². The van der Waals surface area contributed by atoms with Crippen molar-refractivity contribution >= 4 is 21.8 Å². The van der Waals surface area contributed by atoms with Crippen molar-refractivity contribution in [2.24, 2.45) is 0 Å². The summed E-state index contributed by atoms with van der Waals surface area (Å²) in [5.74, 6) is 8.84. The molecule has 37 heavy (non-hydrogen) atoms. The second-order valence-corrected chi connectivity index (χ2v) is 11.2. The van der Waals surface area contributed by atoms with E-state index in [4.69, 9.17) is 6.42 Å². The predicted octanol–water partition coefficient (Wildman–Crippen LogP) is 9.38. The van der Waals surface area contributed by atoms with Gasteiger partial charge in [-0.25, -0.2) is 0 Å². The Kier molecular flexibility index (Phi) is 11.6. The van der Waals surface area contributed by atoms with Crippen LogP contribution in [0.1, 0.15) is 122 Å². The van der Waals surface area contributed by atoms with Crippen LogP contribution in [-0.4, -0.2) is 15.3 Å². The average Bonchev–Trinajstić information content (AvgIpc) is 3.19. The fourth-order valence-corrected chi connectivity index (χ4v) is 5.20. The van der Waals surface area contributed by atoms with Crippen LogP contribution in [-0.2, 0) is 6.54 Å². The van der Waals surface area contributed by atoms with Crippen LogP contribution in [0.4, 0.5) is 0 Å². The van der Waals surface area contributed by atoms with E-state index in [1.807, 2.05) is 6.07 Å². The van der Waals surface area contributed by atoms with Gasteiger partial charge in [0.05, 0.1) is 0 Å². The van der Waals surface area contributed by atoms with Crippen molar-refractivity contribution in [2.45, 2.75) is 123 Å². The Morgan fingerprint density at radius 3 is 1.65 bits per heavy atom. The van der Waals surface area contributed by atoms with Gasteiger partial charge in [0.25, 0.3) is 0 Å². The van der Waals surface area contributed by atoms with Gasteiger partial charge in [-0.3, -0.25) is 0 Å². The zero-order valence-corrected chi connectivity index (χ0v) is 23.5. The van der Waals surface area contributed by atoms with Crippen LogP contribution < -0.4 is 0 Å². The van der Waals surface area contributed by atoms with E-state index in [0.717, 1.165) is 17.7 Å². The largest absolute Gasteiger partial charge is 0.378 e. The first kappa shape index (κ1) is 28.9. The van der Waals surface area contributed by atoms with E-state index < -0.39 is 5.60 Å². The Labute approximate surface area is 225 Å². The summed E-state index contributed by atoms with van der Waals surface area (Å²) in [6.07, 6.45) is 24.9. The number of hydrogen-bond donors (Lipinski definition) is 1. The molecule has 0 amide bonds. The molecule has 0 bridgehead atoms. The molecule has 0 aliphatic carbocycles. The SMILES string of the molecule is C#Cc1ccc2c(c1)c1cc(C#CC(C)(C)O)ccc1n2CCCCCCCCCCCCCCCC. The molecule has 0 unspecified atom stereocenters. The number of fused-ring (bicyclic) bond motifs is 3. The first-order valence-electron chi connectivity index (χ1n) is 14.7. The molecule has 0 saturated heterocycles. The Hall–Kier alpha value is -2.68. The number of aliphatic hydroxyl groups is 1. The maximum Gasteiger partial charge on any atom is 0.120 e. The van der Waals surface area contributed by atoms with Gasteiger partial charge in [0.2, 0.25) is 0 Å². The highest BCUT2D eigenvalue weighted by Crippen LogP contribution is 2.31. The molecule has 1 N–H and O–H groups in total. The second kappa shape index (κ2) is 14.9. The third-order valence-corrected chi connectivity index (χ3v) is 7.28. The Bertz CT molecular complexity index is 1220. The van der Waals surface area contributed by atoms with Crippen LogP contribution >= 0.6 is 0 Å². The van der Waals surface area contributed by atoms with E-state index in [0.29, 0.717) is 0 Å². The lowest BCUT2D eigenvalue weighted by atomic mass is 10.0. The quantitative estimate of drug-likeness (QED) is 0.164. The smallest absolute Gasteiger partial charge is 0.120 e. The number of aryl methyl sites for hydroxylation is 1. The van der Waals surface area contributed by atoms with Crippen LogP contribution in [0.25, 0.3) is 21.8 Å². The molecule has 2 aromatic carbocycles. The number of benzene rings is 2. The fourth-order valence-electron chi connectivity index (χ4n) is 5.20. The van der Waals surface area contributed by atoms with E-state index in [1.165, 1.54) is 112 Å². The zero-order chi connectivity index (χ0) is 26.5. The molecule has 0 saturated carbocycles. The number of aromatic nitrogens is 1. The average molecular weight is 498 g/mol. The zero-order valence-electron chi connectivity index (χ0n) is 23.5. The van der Waals surface area contributed by atoms with E-state index in [-0.39, 0.29) is 0 Å². The Morgan fingerprint density at radius 1 is 0.703 bits per heavy atom. The van der Waals surface area contributed by atoms with Gasteiger partial charge in [0.15, 0.2) is 0 Å². The molecule has 0 aliphatic rings. The first-order valence-corrected chi connectivity index (χ1v) is 14.7. The molecule has 2 heteroatoms. The molecule has 198 valence electrons. The standard InChI is InChI=1S/C35H47NO/c1-5-7-8-9-10-11-12-13-14-15-16-17-18-19-26-36-33-22-20-29(6-2)27-31(33)32-28-30(21-23-34(32)36)24-25-35(3,4)37/h2,20-23,27-28,37H,5,7-19,26H2,1,3-4H3. The molecule has 0 radical (unpaired) electrons. The minimum atomic E-state index is -1.01. The fraction of sp³-hybridized carbons (Fsp3) is 0.543. The number of nitrogens with zero attached hydrogens (tertiary/aromatic N) is 1.